The molecule has 0 saturated carbocycles. The van der Waals surface area contributed by atoms with Crippen molar-refractivity contribution in [2.75, 3.05) is 16.3 Å². The topological polar surface area (TPSA) is 67.2 Å². The van der Waals surface area contributed by atoms with Crippen molar-refractivity contribution in [3.63, 3.8) is 0 Å². The van der Waals surface area contributed by atoms with Crippen molar-refractivity contribution in [2.45, 2.75) is 66.6 Å². The number of likely N-dealkylation sites (N-methyl/N-ethyl adjacent to an activating group) is 1. The van der Waals surface area contributed by atoms with Crippen LogP contribution in [-0.4, -0.2) is 44.3 Å². The van der Waals surface area contributed by atoms with E-state index in [1.54, 1.807) is 23.2 Å². The zero-order valence-corrected chi connectivity index (χ0v) is 19.0. The predicted octanol–water partition coefficient (Wildman–Crippen LogP) is 4.25. The molecule has 8 heteroatoms. The van der Waals surface area contributed by atoms with Crippen molar-refractivity contribution in [3.8, 4) is 0 Å². The van der Waals surface area contributed by atoms with E-state index < -0.39 is 0 Å². The Morgan fingerprint density at radius 2 is 1.82 bits per heavy atom. The SMILES string of the molecule is C.CCN1C(=O)[C@@H](C)N(C(C)C)c2nc(CCc3cnn(Cc4ccc(F)cc4)c3)ncc21. The van der Waals surface area contributed by atoms with Gasteiger partial charge in [-0.3, -0.25) is 9.48 Å². The fourth-order valence-electron chi connectivity index (χ4n) is 4.22. The number of hydrogen-bond donors (Lipinski definition) is 0. The summed E-state index contributed by atoms with van der Waals surface area (Å²) in [4.78, 5) is 26.0. The second-order valence-corrected chi connectivity index (χ2v) is 8.43. The van der Waals surface area contributed by atoms with E-state index in [4.69, 9.17) is 4.98 Å². The molecular formula is C25H33FN6O. The maximum atomic E-state index is 13.1. The van der Waals surface area contributed by atoms with Crippen molar-refractivity contribution in [1.82, 2.24) is 19.7 Å². The number of aromatic nitrogens is 4. The third-order valence-corrected chi connectivity index (χ3v) is 5.83. The van der Waals surface area contributed by atoms with Gasteiger partial charge in [-0.25, -0.2) is 14.4 Å². The number of hydrogen-bond acceptors (Lipinski definition) is 5. The van der Waals surface area contributed by atoms with E-state index in [0.717, 1.165) is 34.9 Å². The van der Waals surface area contributed by atoms with Crippen LogP contribution in [0.25, 0.3) is 0 Å². The molecule has 0 spiro atoms. The van der Waals surface area contributed by atoms with Crippen molar-refractivity contribution in [1.29, 1.82) is 0 Å². The van der Waals surface area contributed by atoms with Crippen molar-refractivity contribution in [3.05, 3.63) is 65.6 Å². The van der Waals surface area contributed by atoms with Gasteiger partial charge in [-0.2, -0.15) is 5.10 Å². The molecule has 2 aromatic heterocycles. The minimum atomic E-state index is -0.255. The molecule has 0 aliphatic carbocycles. The summed E-state index contributed by atoms with van der Waals surface area (Å²) in [5.74, 6) is 1.42. The van der Waals surface area contributed by atoms with Crippen LogP contribution in [0, 0.1) is 5.82 Å². The number of nitrogens with zero attached hydrogens (tertiary/aromatic N) is 6. The summed E-state index contributed by atoms with van der Waals surface area (Å²) in [5.41, 5.74) is 2.87. The number of carbonyl (C=O) groups excluding carboxylic acids is 1. The molecule has 1 atom stereocenters. The summed E-state index contributed by atoms with van der Waals surface area (Å²) < 4.78 is 14.9. The molecule has 3 heterocycles. The van der Waals surface area contributed by atoms with Gasteiger partial charge in [0.2, 0.25) is 5.91 Å². The first-order valence-corrected chi connectivity index (χ1v) is 11.1. The Morgan fingerprint density at radius 3 is 2.48 bits per heavy atom. The molecule has 1 amide bonds. The minimum absolute atomic E-state index is 0. The standard InChI is InChI=1S/C24H29FN6O.CH4/c1-5-30-21-13-26-22(28-23(21)31(16(2)3)17(4)24(30)32)11-8-19-12-27-29(15-19)14-18-6-9-20(25)10-7-18;/h6-7,9-10,12-13,15-17H,5,8,11,14H2,1-4H3;1H4/t17-;/m1./s1. The first-order valence-electron chi connectivity index (χ1n) is 11.1. The van der Waals surface area contributed by atoms with Crippen LogP contribution in [0.1, 0.15) is 52.1 Å². The van der Waals surface area contributed by atoms with Crippen LogP contribution >= 0.6 is 0 Å². The highest BCUT2D eigenvalue weighted by molar-refractivity contribution is 6.04. The zero-order chi connectivity index (χ0) is 22.8. The number of carbonyl (C=O) groups is 1. The Hall–Kier alpha value is -3.29. The number of amides is 1. The second kappa shape index (κ2) is 10.1. The molecule has 7 nitrogen and oxygen atoms in total. The summed E-state index contributed by atoms with van der Waals surface area (Å²) in [6.45, 7) is 9.25. The molecule has 4 rings (SSSR count). The normalized spacial score (nSPS) is 15.6. The third-order valence-electron chi connectivity index (χ3n) is 5.83. The smallest absolute Gasteiger partial charge is 0.249 e. The Bertz CT molecular complexity index is 1090. The van der Waals surface area contributed by atoms with Crippen LogP contribution in [0.15, 0.2) is 42.9 Å². The lowest BCUT2D eigenvalue weighted by Gasteiger charge is -2.42. The van der Waals surface area contributed by atoms with Crippen LogP contribution in [-0.2, 0) is 24.2 Å². The second-order valence-electron chi connectivity index (χ2n) is 8.43. The molecular weight excluding hydrogens is 419 g/mol. The fourth-order valence-corrected chi connectivity index (χ4v) is 4.22. The summed E-state index contributed by atoms with van der Waals surface area (Å²) in [7, 11) is 0. The first kappa shape index (κ1) is 24.4. The largest absolute Gasteiger partial charge is 0.341 e. The molecule has 1 aromatic carbocycles. The van der Waals surface area contributed by atoms with Gasteiger partial charge in [-0.15, -0.1) is 0 Å². The molecule has 176 valence electrons. The number of halogens is 1. The van der Waals surface area contributed by atoms with Crippen LogP contribution in [0.4, 0.5) is 15.9 Å². The Labute approximate surface area is 195 Å². The summed E-state index contributed by atoms with van der Waals surface area (Å²) in [6.07, 6.45) is 7.06. The number of fused-ring (bicyclic) bond motifs is 1. The van der Waals surface area contributed by atoms with E-state index >= 15 is 0 Å². The molecule has 33 heavy (non-hydrogen) atoms. The van der Waals surface area contributed by atoms with Gasteiger partial charge in [0.15, 0.2) is 5.82 Å². The van der Waals surface area contributed by atoms with Gasteiger partial charge < -0.3 is 9.80 Å². The Balaban J connectivity index is 0.00000306. The summed E-state index contributed by atoms with van der Waals surface area (Å²) >= 11 is 0. The van der Waals surface area contributed by atoms with Gasteiger partial charge >= 0.3 is 0 Å². The predicted molar refractivity (Wildman–Crippen MR) is 129 cm³/mol. The number of benzene rings is 1. The van der Waals surface area contributed by atoms with Crippen molar-refractivity contribution < 1.29 is 9.18 Å². The lowest BCUT2D eigenvalue weighted by Crippen LogP contribution is -2.54. The molecule has 0 saturated heterocycles. The zero-order valence-electron chi connectivity index (χ0n) is 19.0. The van der Waals surface area contributed by atoms with Gasteiger partial charge in [0, 0.05) is 25.2 Å². The van der Waals surface area contributed by atoms with E-state index in [9.17, 15) is 9.18 Å². The van der Waals surface area contributed by atoms with E-state index in [-0.39, 0.29) is 31.2 Å². The third kappa shape index (κ3) is 5.05. The van der Waals surface area contributed by atoms with Gasteiger partial charge in [-0.05, 0) is 57.4 Å². The molecule has 1 aliphatic heterocycles. The first-order chi connectivity index (χ1) is 15.4. The van der Waals surface area contributed by atoms with Crippen LogP contribution < -0.4 is 9.80 Å². The van der Waals surface area contributed by atoms with Crippen molar-refractivity contribution in [2.24, 2.45) is 0 Å². The van der Waals surface area contributed by atoms with Gasteiger partial charge in [0.1, 0.15) is 23.4 Å². The molecule has 3 aromatic rings. The highest BCUT2D eigenvalue weighted by Gasteiger charge is 2.37. The number of rotatable bonds is 7. The van der Waals surface area contributed by atoms with Crippen LogP contribution in [0.5, 0.6) is 0 Å². The minimum Gasteiger partial charge on any atom is -0.341 e. The number of aryl methyl sites for hydroxylation is 2. The van der Waals surface area contributed by atoms with E-state index in [1.807, 2.05) is 30.9 Å². The number of anilines is 2. The van der Waals surface area contributed by atoms with Crippen LogP contribution in [0.3, 0.4) is 0 Å². The Kier molecular flexibility index (Phi) is 7.46. The Morgan fingerprint density at radius 1 is 1.09 bits per heavy atom. The molecule has 0 unspecified atom stereocenters. The van der Waals surface area contributed by atoms with E-state index in [2.05, 4.69) is 28.8 Å². The molecule has 0 bridgehead atoms. The van der Waals surface area contributed by atoms with Crippen molar-refractivity contribution >= 4 is 17.4 Å². The molecule has 0 N–H and O–H groups in total. The lowest BCUT2D eigenvalue weighted by atomic mass is 10.1. The fraction of sp³-hybridized carbons (Fsp3) is 0.440. The van der Waals surface area contributed by atoms with Crippen LogP contribution in [0.2, 0.25) is 0 Å². The molecule has 0 radical (unpaired) electrons. The van der Waals surface area contributed by atoms with E-state index in [1.165, 1.54) is 12.1 Å². The van der Waals surface area contributed by atoms with Gasteiger partial charge in [0.25, 0.3) is 0 Å². The highest BCUT2D eigenvalue weighted by Crippen LogP contribution is 2.35. The average Bonchev–Trinajstić information content (AvgIpc) is 3.22. The summed E-state index contributed by atoms with van der Waals surface area (Å²) in [6, 6.07) is 6.35. The summed E-state index contributed by atoms with van der Waals surface area (Å²) in [5, 5.41) is 4.42. The highest BCUT2D eigenvalue weighted by atomic mass is 19.1. The quantitative estimate of drug-likeness (QED) is 0.536. The molecule has 1 aliphatic rings. The average molecular weight is 453 g/mol. The maximum Gasteiger partial charge on any atom is 0.249 e. The monoisotopic (exact) mass is 452 g/mol. The molecule has 0 fully saturated rings. The van der Waals surface area contributed by atoms with Gasteiger partial charge in [0.05, 0.1) is 18.9 Å². The van der Waals surface area contributed by atoms with E-state index in [0.29, 0.717) is 19.5 Å². The van der Waals surface area contributed by atoms with Gasteiger partial charge in [-0.1, -0.05) is 19.6 Å². The lowest BCUT2D eigenvalue weighted by molar-refractivity contribution is -0.120. The maximum absolute atomic E-state index is 13.1.